The number of phenols is 1. The van der Waals surface area contributed by atoms with E-state index < -0.39 is 5.82 Å². The zero-order valence-corrected chi connectivity index (χ0v) is 19.8. The highest BCUT2D eigenvalue weighted by atomic mass is 19.1. The van der Waals surface area contributed by atoms with Crippen molar-refractivity contribution >= 4 is 27.5 Å². The maximum atomic E-state index is 16.3. The lowest BCUT2D eigenvalue weighted by Gasteiger charge is -2.34. The fourth-order valence-electron chi connectivity index (χ4n) is 5.47. The first-order chi connectivity index (χ1) is 18.1. The summed E-state index contributed by atoms with van der Waals surface area (Å²) in [7, 11) is 0. The van der Waals surface area contributed by atoms with Gasteiger partial charge in [-0.2, -0.15) is 9.97 Å². The summed E-state index contributed by atoms with van der Waals surface area (Å²) >= 11 is 0. The lowest BCUT2D eigenvalue weighted by Crippen LogP contribution is -2.51. The molecule has 2 saturated heterocycles. The van der Waals surface area contributed by atoms with Crippen LogP contribution < -0.4 is 15.0 Å². The standard InChI is InChI=1S/C28H23FN6O2/c29-24-25(22-12-19(36)11-16-3-1-2-4-21(16)22)31-13-23-26(24)33-28(37-20-7-9-30-10-8-20)34-27(23)35-14-17-5-6-18(15-35)32-17/h1-4,7-13,17-18,32,36H,5-6,14-15H2/t17-,18+. The monoisotopic (exact) mass is 494 g/mol. The van der Waals surface area contributed by atoms with Crippen LogP contribution >= 0.6 is 0 Å². The third-order valence-corrected chi connectivity index (χ3v) is 7.12. The number of hydrogen-bond acceptors (Lipinski definition) is 8. The Morgan fingerprint density at radius 2 is 1.76 bits per heavy atom. The summed E-state index contributed by atoms with van der Waals surface area (Å²) in [5, 5.41) is 16.1. The topological polar surface area (TPSA) is 96.3 Å². The Morgan fingerprint density at radius 1 is 0.973 bits per heavy atom. The Morgan fingerprint density at radius 3 is 2.57 bits per heavy atom. The second-order valence-corrected chi connectivity index (χ2v) is 9.56. The number of nitrogens with one attached hydrogen (secondary N) is 1. The number of aromatic nitrogens is 4. The lowest BCUT2D eigenvalue weighted by molar-refractivity contribution is 0.436. The Kier molecular flexibility index (Phi) is 5.10. The van der Waals surface area contributed by atoms with Crippen molar-refractivity contribution in [1.82, 2.24) is 25.3 Å². The highest BCUT2D eigenvalue weighted by molar-refractivity contribution is 5.99. The van der Waals surface area contributed by atoms with Gasteiger partial charge in [0.1, 0.15) is 28.5 Å². The minimum absolute atomic E-state index is 0.0383. The summed E-state index contributed by atoms with van der Waals surface area (Å²) in [6.07, 6.45) is 7.06. The summed E-state index contributed by atoms with van der Waals surface area (Å²) in [6, 6.07) is 14.9. The Balaban J connectivity index is 1.42. The predicted molar refractivity (Wildman–Crippen MR) is 138 cm³/mol. The van der Waals surface area contributed by atoms with E-state index >= 15 is 4.39 Å². The highest BCUT2D eigenvalue weighted by Gasteiger charge is 2.34. The number of phenolic OH excluding ortho intramolecular Hbond substituents is 1. The van der Waals surface area contributed by atoms with E-state index in [-0.39, 0.29) is 23.0 Å². The number of ether oxygens (including phenoxy) is 1. The largest absolute Gasteiger partial charge is 0.508 e. The lowest BCUT2D eigenvalue weighted by atomic mass is 10.0. The fourth-order valence-corrected chi connectivity index (χ4v) is 5.47. The van der Waals surface area contributed by atoms with Crippen LogP contribution in [-0.4, -0.2) is 50.2 Å². The van der Waals surface area contributed by atoms with Gasteiger partial charge in [0.25, 0.3) is 0 Å². The van der Waals surface area contributed by atoms with Gasteiger partial charge in [0.15, 0.2) is 5.82 Å². The number of fused-ring (bicyclic) bond motifs is 4. The van der Waals surface area contributed by atoms with Gasteiger partial charge in [-0.1, -0.05) is 24.3 Å². The zero-order chi connectivity index (χ0) is 24.9. The molecule has 2 fully saturated rings. The minimum Gasteiger partial charge on any atom is -0.508 e. The molecule has 5 aromatic rings. The Bertz CT molecular complexity index is 1640. The van der Waals surface area contributed by atoms with E-state index in [2.05, 4.69) is 25.2 Å². The van der Waals surface area contributed by atoms with Gasteiger partial charge < -0.3 is 20.1 Å². The number of halogens is 1. The van der Waals surface area contributed by atoms with Crippen molar-refractivity contribution in [3.8, 4) is 28.8 Å². The van der Waals surface area contributed by atoms with Crippen molar-refractivity contribution in [3.63, 3.8) is 0 Å². The number of benzene rings is 2. The third kappa shape index (κ3) is 3.88. The van der Waals surface area contributed by atoms with Crippen LogP contribution in [0.25, 0.3) is 32.9 Å². The molecular weight excluding hydrogens is 471 g/mol. The molecule has 37 heavy (non-hydrogen) atoms. The molecule has 184 valence electrons. The molecule has 0 aliphatic carbocycles. The average molecular weight is 495 g/mol. The zero-order valence-electron chi connectivity index (χ0n) is 19.8. The average Bonchev–Trinajstić information content (AvgIpc) is 3.26. The van der Waals surface area contributed by atoms with Crippen LogP contribution in [-0.2, 0) is 0 Å². The van der Waals surface area contributed by atoms with Crippen molar-refractivity contribution in [1.29, 1.82) is 0 Å². The van der Waals surface area contributed by atoms with Crippen LogP contribution in [0.4, 0.5) is 10.2 Å². The summed E-state index contributed by atoms with van der Waals surface area (Å²) in [6.45, 7) is 1.52. The SMILES string of the molecule is Oc1cc(-c2ncc3c(N4C[C@H]5CC[C@@H](C4)N5)nc(Oc4ccncc4)nc3c2F)c2ccccc2c1. The molecule has 2 bridgehead atoms. The molecule has 2 aromatic carbocycles. The Hall–Kier alpha value is -4.37. The quantitative estimate of drug-likeness (QED) is 0.367. The number of rotatable bonds is 4. The van der Waals surface area contributed by atoms with Crippen molar-refractivity contribution in [2.45, 2.75) is 24.9 Å². The molecule has 0 spiro atoms. The number of anilines is 1. The smallest absolute Gasteiger partial charge is 0.324 e. The number of nitrogens with zero attached hydrogens (tertiary/aromatic N) is 5. The number of piperazine rings is 1. The van der Waals surface area contributed by atoms with Gasteiger partial charge >= 0.3 is 6.01 Å². The van der Waals surface area contributed by atoms with Gasteiger partial charge in [-0.3, -0.25) is 9.97 Å². The first-order valence-corrected chi connectivity index (χ1v) is 12.3. The molecular formula is C28H23FN6O2. The van der Waals surface area contributed by atoms with Gasteiger partial charge in [0.05, 0.1) is 5.39 Å². The first-order valence-electron chi connectivity index (χ1n) is 12.3. The number of hydrogen-bond donors (Lipinski definition) is 2. The summed E-state index contributed by atoms with van der Waals surface area (Å²) in [5.41, 5.74) is 0.726. The van der Waals surface area contributed by atoms with Crippen LogP contribution in [0.3, 0.4) is 0 Å². The molecule has 5 heterocycles. The van der Waals surface area contributed by atoms with Gasteiger partial charge in [0, 0.05) is 49.3 Å². The molecule has 0 radical (unpaired) electrons. The normalized spacial score (nSPS) is 19.0. The molecule has 3 aromatic heterocycles. The van der Waals surface area contributed by atoms with Crippen molar-refractivity contribution in [2.24, 2.45) is 0 Å². The van der Waals surface area contributed by atoms with Gasteiger partial charge in [-0.15, -0.1) is 0 Å². The number of aromatic hydroxyl groups is 1. The first kappa shape index (κ1) is 21.9. The predicted octanol–water partition coefficient (Wildman–Crippen LogP) is 4.82. The van der Waals surface area contributed by atoms with Crippen molar-refractivity contribution < 1.29 is 14.2 Å². The summed E-state index contributed by atoms with van der Waals surface area (Å²) in [5.74, 6) is 0.562. The molecule has 2 atom stereocenters. The molecule has 9 heteroatoms. The van der Waals surface area contributed by atoms with Crippen LogP contribution in [0.2, 0.25) is 0 Å². The molecule has 8 nitrogen and oxygen atoms in total. The van der Waals surface area contributed by atoms with Crippen LogP contribution in [0.1, 0.15) is 12.8 Å². The van der Waals surface area contributed by atoms with Gasteiger partial charge in [-0.25, -0.2) is 4.39 Å². The van der Waals surface area contributed by atoms with E-state index in [9.17, 15) is 5.11 Å². The second-order valence-electron chi connectivity index (χ2n) is 9.56. The molecule has 0 unspecified atom stereocenters. The van der Waals surface area contributed by atoms with E-state index in [1.165, 1.54) is 6.07 Å². The maximum Gasteiger partial charge on any atom is 0.324 e. The summed E-state index contributed by atoms with van der Waals surface area (Å²) in [4.78, 5) is 19.9. The maximum absolute atomic E-state index is 16.3. The molecule has 2 aliphatic rings. The van der Waals surface area contributed by atoms with Crippen molar-refractivity contribution in [3.05, 3.63) is 72.9 Å². The molecule has 2 aliphatic heterocycles. The van der Waals surface area contributed by atoms with Crippen LogP contribution in [0.5, 0.6) is 17.5 Å². The van der Waals surface area contributed by atoms with Gasteiger partial charge in [-0.05, 0) is 47.9 Å². The van der Waals surface area contributed by atoms with E-state index in [1.54, 1.807) is 36.8 Å². The van der Waals surface area contributed by atoms with E-state index in [1.807, 2.05) is 24.3 Å². The second kappa shape index (κ2) is 8.63. The molecule has 2 N–H and O–H groups in total. The van der Waals surface area contributed by atoms with E-state index in [0.29, 0.717) is 34.6 Å². The van der Waals surface area contributed by atoms with E-state index in [0.717, 1.165) is 36.7 Å². The summed E-state index contributed by atoms with van der Waals surface area (Å²) < 4.78 is 22.3. The fraction of sp³-hybridized carbons (Fsp3) is 0.214. The molecule has 7 rings (SSSR count). The highest BCUT2D eigenvalue weighted by Crippen LogP contribution is 2.38. The van der Waals surface area contributed by atoms with Crippen LogP contribution in [0, 0.1) is 5.82 Å². The van der Waals surface area contributed by atoms with E-state index in [4.69, 9.17) is 9.72 Å². The third-order valence-electron chi connectivity index (χ3n) is 7.12. The molecule has 0 saturated carbocycles. The minimum atomic E-state index is -0.588. The number of pyridine rings is 2. The Labute approximate surface area is 211 Å². The molecule has 0 amide bonds. The van der Waals surface area contributed by atoms with Crippen molar-refractivity contribution in [2.75, 3.05) is 18.0 Å². The van der Waals surface area contributed by atoms with Crippen LogP contribution in [0.15, 0.2) is 67.1 Å². The van der Waals surface area contributed by atoms with Gasteiger partial charge in [0.2, 0.25) is 0 Å².